The number of nitrogens with zero attached hydrogens (tertiary/aromatic N) is 2. The fourth-order valence-corrected chi connectivity index (χ4v) is 1.37. The molecule has 4 heteroatoms. The van der Waals surface area contributed by atoms with Crippen LogP contribution < -0.4 is 0 Å². The molecule has 4 nitrogen and oxygen atoms in total. The highest BCUT2D eigenvalue weighted by Crippen LogP contribution is 2.13. The number of benzene rings is 1. The Labute approximate surface area is 93.8 Å². The average molecular weight is 218 g/mol. The van der Waals surface area contributed by atoms with Gasteiger partial charge in [0.05, 0.1) is 5.52 Å². The minimum Gasteiger partial charge on any atom is -0.442 e. The van der Waals surface area contributed by atoms with Crippen LogP contribution in [0.5, 0.6) is 0 Å². The zero-order valence-corrected chi connectivity index (χ0v) is 9.60. The van der Waals surface area contributed by atoms with Crippen LogP contribution in [0.2, 0.25) is 0 Å². The molecule has 0 saturated heterocycles. The molecule has 0 radical (unpaired) electrons. The number of rotatable bonds is 0. The maximum absolute atomic E-state index is 11.7. The van der Waals surface area contributed by atoms with E-state index in [1.807, 2.05) is 45.0 Å². The van der Waals surface area contributed by atoms with Crippen LogP contribution in [-0.4, -0.2) is 21.5 Å². The molecule has 0 atom stereocenters. The Hall–Kier alpha value is -1.84. The van der Waals surface area contributed by atoms with Crippen molar-refractivity contribution in [3.63, 3.8) is 0 Å². The molecule has 1 aromatic heterocycles. The van der Waals surface area contributed by atoms with E-state index in [-0.39, 0.29) is 0 Å². The minimum atomic E-state index is -0.505. The van der Waals surface area contributed by atoms with E-state index in [9.17, 15) is 4.79 Å². The number of hydrogen-bond donors (Lipinski definition) is 0. The minimum absolute atomic E-state index is 0.455. The summed E-state index contributed by atoms with van der Waals surface area (Å²) in [6.07, 6.45) is 1.22. The third-order valence-electron chi connectivity index (χ3n) is 1.99. The summed E-state index contributed by atoms with van der Waals surface area (Å²) in [4.78, 5) is 11.7. The van der Waals surface area contributed by atoms with Crippen LogP contribution in [0, 0.1) is 0 Å². The number of ether oxygens (including phenoxy) is 1. The van der Waals surface area contributed by atoms with E-state index < -0.39 is 11.7 Å². The van der Waals surface area contributed by atoms with Crippen molar-refractivity contribution < 1.29 is 9.53 Å². The first kappa shape index (κ1) is 10.7. The molecule has 1 aromatic carbocycles. The smallest absolute Gasteiger partial charge is 0.435 e. The molecule has 0 N–H and O–H groups in total. The largest absolute Gasteiger partial charge is 0.442 e. The Bertz CT molecular complexity index is 490. The highest BCUT2D eigenvalue weighted by molar-refractivity contribution is 5.82. The molecule has 0 unspecified atom stereocenters. The summed E-state index contributed by atoms with van der Waals surface area (Å²) in [6.45, 7) is 5.48. The van der Waals surface area contributed by atoms with E-state index in [0.29, 0.717) is 0 Å². The Kier molecular flexibility index (Phi) is 2.42. The van der Waals surface area contributed by atoms with E-state index in [2.05, 4.69) is 5.10 Å². The van der Waals surface area contributed by atoms with Crippen LogP contribution in [-0.2, 0) is 4.74 Å². The van der Waals surface area contributed by atoms with Crippen molar-refractivity contribution in [3.8, 4) is 0 Å². The summed E-state index contributed by atoms with van der Waals surface area (Å²) >= 11 is 0. The van der Waals surface area contributed by atoms with Crippen LogP contribution in [0.15, 0.2) is 30.5 Å². The quantitative estimate of drug-likeness (QED) is 0.683. The molecule has 0 amide bonds. The SMILES string of the molecule is CC(C)(C)OC(=O)n1cc2ccccc2n1. The molecule has 0 aliphatic rings. The van der Waals surface area contributed by atoms with E-state index in [1.165, 1.54) is 4.68 Å². The molecule has 0 aliphatic heterocycles. The van der Waals surface area contributed by atoms with Gasteiger partial charge in [-0.05, 0) is 26.8 Å². The normalized spacial score (nSPS) is 11.7. The van der Waals surface area contributed by atoms with E-state index in [0.717, 1.165) is 10.9 Å². The zero-order valence-electron chi connectivity index (χ0n) is 9.60. The van der Waals surface area contributed by atoms with Crippen molar-refractivity contribution in [2.75, 3.05) is 0 Å². The monoisotopic (exact) mass is 218 g/mol. The molecule has 0 aliphatic carbocycles. The molecule has 84 valence electrons. The van der Waals surface area contributed by atoms with Gasteiger partial charge in [0.2, 0.25) is 0 Å². The molecule has 0 fully saturated rings. The lowest BCUT2D eigenvalue weighted by Crippen LogP contribution is -2.27. The van der Waals surface area contributed by atoms with Gasteiger partial charge < -0.3 is 4.74 Å². The number of hydrogen-bond acceptors (Lipinski definition) is 3. The fraction of sp³-hybridized carbons (Fsp3) is 0.333. The maximum atomic E-state index is 11.7. The third-order valence-corrected chi connectivity index (χ3v) is 1.99. The van der Waals surface area contributed by atoms with Crippen LogP contribution in [0.25, 0.3) is 10.9 Å². The van der Waals surface area contributed by atoms with Crippen molar-refractivity contribution in [2.45, 2.75) is 26.4 Å². The summed E-state index contributed by atoms with van der Waals surface area (Å²) in [5.41, 5.74) is 0.281. The number of carbonyl (C=O) groups excluding carboxylic acids is 1. The fourth-order valence-electron chi connectivity index (χ4n) is 1.37. The topological polar surface area (TPSA) is 44.1 Å². The highest BCUT2D eigenvalue weighted by atomic mass is 16.6. The Balaban J connectivity index is 2.30. The van der Waals surface area contributed by atoms with Gasteiger partial charge >= 0.3 is 6.09 Å². The molecular weight excluding hydrogens is 204 g/mol. The van der Waals surface area contributed by atoms with Gasteiger partial charge in [0.15, 0.2) is 0 Å². The maximum Gasteiger partial charge on any atom is 0.435 e. The predicted molar refractivity (Wildman–Crippen MR) is 61.4 cm³/mol. The highest BCUT2D eigenvalue weighted by Gasteiger charge is 2.18. The summed E-state index contributed by atoms with van der Waals surface area (Å²) in [6, 6.07) is 7.55. The average Bonchev–Trinajstić information content (AvgIpc) is 2.58. The molecule has 1 heterocycles. The van der Waals surface area contributed by atoms with Crippen molar-refractivity contribution in [3.05, 3.63) is 30.5 Å². The molecule has 0 spiro atoms. The lowest BCUT2D eigenvalue weighted by atomic mass is 10.2. The lowest BCUT2D eigenvalue weighted by Gasteiger charge is -2.18. The van der Waals surface area contributed by atoms with Gasteiger partial charge in [0.25, 0.3) is 0 Å². The van der Waals surface area contributed by atoms with Gasteiger partial charge in [0, 0.05) is 11.6 Å². The third kappa shape index (κ3) is 2.21. The van der Waals surface area contributed by atoms with Crippen molar-refractivity contribution in [1.29, 1.82) is 0 Å². The first-order valence-corrected chi connectivity index (χ1v) is 5.13. The molecule has 16 heavy (non-hydrogen) atoms. The zero-order chi connectivity index (χ0) is 11.8. The first-order valence-electron chi connectivity index (χ1n) is 5.13. The van der Waals surface area contributed by atoms with Gasteiger partial charge in [-0.1, -0.05) is 18.2 Å². The van der Waals surface area contributed by atoms with Gasteiger partial charge in [-0.15, -0.1) is 0 Å². The van der Waals surface area contributed by atoms with Crippen LogP contribution >= 0.6 is 0 Å². The molecule has 2 rings (SSSR count). The van der Waals surface area contributed by atoms with E-state index in [4.69, 9.17) is 4.74 Å². The molecule has 0 saturated carbocycles. The Morgan fingerprint density at radius 2 is 2.00 bits per heavy atom. The number of aromatic nitrogens is 2. The summed E-state index contributed by atoms with van der Waals surface area (Å²) < 4.78 is 6.45. The Morgan fingerprint density at radius 3 is 2.62 bits per heavy atom. The summed E-state index contributed by atoms with van der Waals surface area (Å²) in [5.74, 6) is 0. The lowest BCUT2D eigenvalue weighted by molar-refractivity contribution is 0.0516. The van der Waals surface area contributed by atoms with E-state index >= 15 is 0 Å². The van der Waals surface area contributed by atoms with Gasteiger partial charge in [-0.2, -0.15) is 9.78 Å². The van der Waals surface area contributed by atoms with Gasteiger partial charge in [0.1, 0.15) is 5.60 Å². The van der Waals surface area contributed by atoms with Crippen LogP contribution in [0.4, 0.5) is 4.79 Å². The second-order valence-electron chi connectivity index (χ2n) is 4.61. The van der Waals surface area contributed by atoms with Gasteiger partial charge in [-0.25, -0.2) is 4.79 Å². The van der Waals surface area contributed by atoms with Crippen molar-refractivity contribution in [1.82, 2.24) is 9.78 Å². The van der Waals surface area contributed by atoms with Crippen molar-refractivity contribution >= 4 is 17.0 Å². The molecular formula is C12H14N2O2. The standard InChI is InChI=1S/C12H14N2O2/c1-12(2,3)16-11(15)14-8-9-6-4-5-7-10(9)13-14/h4-8H,1-3H3. The molecule has 2 aromatic rings. The van der Waals surface area contributed by atoms with E-state index in [1.54, 1.807) is 6.20 Å². The van der Waals surface area contributed by atoms with Gasteiger partial charge in [-0.3, -0.25) is 0 Å². The predicted octanol–water partition coefficient (Wildman–Crippen LogP) is 2.82. The van der Waals surface area contributed by atoms with Crippen molar-refractivity contribution in [2.24, 2.45) is 0 Å². The molecule has 0 bridgehead atoms. The second-order valence-corrected chi connectivity index (χ2v) is 4.61. The number of fused-ring (bicyclic) bond motifs is 1. The van der Waals surface area contributed by atoms with Crippen LogP contribution in [0.3, 0.4) is 0 Å². The summed E-state index contributed by atoms with van der Waals surface area (Å²) in [5, 5.41) is 5.06. The summed E-state index contributed by atoms with van der Waals surface area (Å²) in [7, 11) is 0. The van der Waals surface area contributed by atoms with Crippen LogP contribution in [0.1, 0.15) is 20.8 Å². The Morgan fingerprint density at radius 1 is 1.31 bits per heavy atom. The second kappa shape index (κ2) is 3.63. The first-order chi connectivity index (χ1) is 7.46. The number of carbonyl (C=O) groups is 1.